The molecule has 3 heterocycles. The molecular formula is C17H18N4OS. The largest absolute Gasteiger partial charge is 0.306 e. The van der Waals surface area contributed by atoms with Gasteiger partial charge in [-0.05, 0) is 43.2 Å². The summed E-state index contributed by atoms with van der Waals surface area (Å²) in [6.45, 7) is 4.05. The molecule has 0 unspecified atom stereocenters. The number of carbonyl (C=O) groups is 1. The van der Waals surface area contributed by atoms with Crippen LogP contribution >= 0.6 is 11.3 Å². The molecule has 0 fully saturated rings. The van der Waals surface area contributed by atoms with Crippen LogP contribution in [0.5, 0.6) is 0 Å². The third kappa shape index (κ3) is 3.48. The van der Waals surface area contributed by atoms with Crippen molar-refractivity contribution >= 4 is 23.1 Å². The summed E-state index contributed by atoms with van der Waals surface area (Å²) in [7, 11) is 0. The van der Waals surface area contributed by atoms with Gasteiger partial charge in [0.1, 0.15) is 10.7 Å². The lowest BCUT2D eigenvalue weighted by atomic mass is 10.2. The third-order valence-corrected chi connectivity index (χ3v) is 4.47. The Balaban J connectivity index is 1.89. The predicted molar refractivity (Wildman–Crippen MR) is 92.4 cm³/mol. The van der Waals surface area contributed by atoms with E-state index in [0.717, 1.165) is 29.2 Å². The summed E-state index contributed by atoms with van der Waals surface area (Å²) in [5.41, 5.74) is 1.90. The van der Waals surface area contributed by atoms with E-state index < -0.39 is 0 Å². The molecule has 0 aliphatic heterocycles. The number of anilines is 1. The van der Waals surface area contributed by atoms with Crippen LogP contribution in [0.15, 0.2) is 42.9 Å². The van der Waals surface area contributed by atoms with Gasteiger partial charge in [-0.15, -0.1) is 0 Å². The van der Waals surface area contributed by atoms with Crippen LogP contribution in [0.1, 0.15) is 34.3 Å². The fourth-order valence-electron chi connectivity index (χ4n) is 2.27. The summed E-state index contributed by atoms with van der Waals surface area (Å²) >= 11 is 1.40. The number of aryl methyl sites for hydroxylation is 2. The molecule has 1 N–H and O–H groups in total. The van der Waals surface area contributed by atoms with E-state index in [4.69, 9.17) is 0 Å². The Kier molecular flexibility index (Phi) is 4.52. The van der Waals surface area contributed by atoms with Crippen LogP contribution in [-0.4, -0.2) is 20.4 Å². The minimum absolute atomic E-state index is 0.151. The van der Waals surface area contributed by atoms with Gasteiger partial charge >= 0.3 is 0 Å². The lowest BCUT2D eigenvalue weighted by molar-refractivity contribution is 0.102. The van der Waals surface area contributed by atoms with Crippen molar-refractivity contribution < 1.29 is 4.79 Å². The highest BCUT2D eigenvalue weighted by atomic mass is 32.1. The molecule has 1 amide bonds. The number of rotatable bonds is 5. The normalized spacial score (nSPS) is 10.7. The van der Waals surface area contributed by atoms with Gasteiger partial charge in [0.2, 0.25) is 0 Å². The summed E-state index contributed by atoms with van der Waals surface area (Å²) in [6, 6.07) is 7.63. The maximum atomic E-state index is 12.6. The monoisotopic (exact) mass is 326 g/mol. The summed E-state index contributed by atoms with van der Waals surface area (Å²) in [5, 5.41) is 3.67. The Labute approximate surface area is 139 Å². The molecule has 3 rings (SSSR count). The Morgan fingerprint density at radius 2 is 2.13 bits per heavy atom. The number of amides is 1. The zero-order valence-corrected chi connectivity index (χ0v) is 13.9. The molecule has 23 heavy (non-hydrogen) atoms. The molecule has 6 heteroatoms. The molecule has 3 aromatic heterocycles. The minimum atomic E-state index is -0.151. The highest BCUT2D eigenvalue weighted by molar-refractivity contribution is 7.16. The van der Waals surface area contributed by atoms with Gasteiger partial charge in [0, 0.05) is 18.6 Å². The lowest BCUT2D eigenvalue weighted by Gasteiger charge is -2.04. The molecule has 0 aliphatic carbocycles. The number of nitrogens with one attached hydrogen (secondary N) is 1. The topological polar surface area (TPSA) is 59.8 Å². The van der Waals surface area contributed by atoms with Crippen LogP contribution in [0, 0.1) is 6.92 Å². The number of thiazole rings is 1. The molecule has 5 nitrogen and oxygen atoms in total. The van der Waals surface area contributed by atoms with E-state index in [1.807, 2.05) is 48.1 Å². The Morgan fingerprint density at radius 3 is 2.83 bits per heavy atom. The highest BCUT2D eigenvalue weighted by Gasteiger charge is 2.18. The first-order valence-electron chi connectivity index (χ1n) is 7.54. The zero-order chi connectivity index (χ0) is 16.2. The van der Waals surface area contributed by atoms with E-state index in [0.29, 0.717) is 10.7 Å². The molecule has 0 saturated heterocycles. The molecule has 0 aromatic carbocycles. The van der Waals surface area contributed by atoms with Gasteiger partial charge in [-0.1, -0.05) is 24.7 Å². The van der Waals surface area contributed by atoms with Gasteiger partial charge in [-0.25, -0.2) is 9.97 Å². The summed E-state index contributed by atoms with van der Waals surface area (Å²) in [6.07, 6.45) is 7.27. The van der Waals surface area contributed by atoms with Gasteiger partial charge in [0.25, 0.3) is 5.91 Å². The molecule has 0 saturated carbocycles. The smallest absolute Gasteiger partial charge is 0.268 e. The molecule has 0 spiro atoms. The summed E-state index contributed by atoms with van der Waals surface area (Å²) < 4.78 is 1.92. The van der Waals surface area contributed by atoms with Crippen LogP contribution in [0.2, 0.25) is 0 Å². The summed E-state index contributed by atoms with van der Waals surface area (Å²) in [5.74, 6) is 0.413. The Morgan fingerprint density at radius 1 is 1.35 bits per heavy atom. The first-order chi connectivity index (χ1) is 11.2. The van der Waals surface area contributed by atoms with Crippen molar-refractivity contribution in [3.63, 3.8) is 0 Å². The van der Waals surface area contributed by atoms with Crippen LogP contribution in [0.25, 0.3) is 5.13 Å². The van der Waals surface area contributed by atoms with Gasteiger partial charge < -0.3 is 9.88 Å². The second-order valence-corrected chi connectivity index (χ2v) is 6.26. The van der Waals surface area contributed by atoms with E-state index >= 15 is 0 Å². The fraction of sp³-hybridized carbons (Fsp3) is 0.235. The molecule has 0 radical (unpaired) electrons. The number of aromatic nitrogens is 3. The standard InChI is InChI=1S/C17H18N4OS/c1-3-6-13-15(23-17(19-13)21-9-4-5-10-21)16(22)20-14-11-12(2)7-8-18-14/h4-5,7-11H,3,6H2,1-2H3,(H,18,20,22). The third-order valence-electron chi connectivity index (χ3n) is 3.36. The quantitative estimate of drug-likeness (QED) is 0.775. The first kappa shape index (κ1) is 15.4. The van der Waals surface area contributed by atoms with Crippen molar-refractivity contribution in [3.05, 3.63) is 59.0 Å². The highest BCUT2D eigenvalue weighted by Crippen LogP contribution is 2.24. The summed E-state index contributed by atoms with van der Waals surface area (Å²) in [4.78, 5) is 22.1. The van der Waals surface area contributed by atoms with Crippen LogP contribution in [0.4, 0.5) is 5.82 Å². The van der Waals surface area contributed by atoms with Crippen LogP contribution < -0.4 is 5.32 Å². The number of pyridine rings is 1. The number of nitrogens with zero attached hydrogens (tertiary/aromatic N) is 3. The first-order valence-corrected chi connectivity index (χ1v) is 8.36. The molecule has 3 aromatic rings. The molecule has 0 bridgehead atoms. The van der Waals surface area contributed by atoms with Crippen molar-refractivity contribution in [2.45, 2.75) is 26.7 Å². The van der Waals surface area contributed by atoms with Crippen molar-refractivity contribution in [1.82, 2.24) is 14.5 Å². The van der Waals surface area contributed by atoms with E-state index in [1.54, 1.807) is 6.20 Å². The van der Waals surface area contributed by atoms with Crippen molar-refractivity contribution in [2.75, 3.05) is 5.32 Å². The number of hydrogen-bond donors (Lipinski definition) is 1. The number of hydrogen-bond acceptors (Lipinski definition) is 4. The van der Waals surface area contributed by atoms with Crippen LogP contribution in [0.3, 0.4) is 0 Å². The van der Waals surface area contributed by atoms with Gasteiger partial charge in [-0.3, -0.25) is 4.79 Å². The number of carbonyl (C=O) groups excluding carboxylic acids is 1. The molecule has 118 valence electrons. The maximum Gasteiger partial charge on any atom is 0.268 e. The Hall–Kier alpha value is -2.47. The van der Waals surface area contributed by atoms with Gasteiger partial charge in [0.05, 0.1) is 5.69 Å². The maximum absolute atomic E-state index is 12.6. The molecule has 0 atom stereocenters. The van der Waals surface area contributed by atoms with E-state index in [9.17, 15) is 4.79 Å². The second kappa shape index (κ2) is 6.75. The molecular weight excluding hydrogens is 308 g/mol. The average molecular weight is 326 g/mol. The van der Waals surface area contributed by atoms with E-state index in [1.165, 1.54) is 11.3 Å². The zero-order valence-electron chi connectivity index (χ0n) is 13.1. The average Bonchev–Trinajstić information content (AvgIpc) is 3.16. The second-order valence-electron chi connectivity index (χ2n) is 5.29. The van der Waals surface area contributed by atoms with E-state index in [-0.39, 0.29) is 5.91 Å². The van der Waals surface area contributed by atoms with Crippen molar-refractivity contribution in [2.24, 2.45) is 0 Å². The SMILES string of the molecule is CCCc1nc(-n2cccc2)sc1C(=O)Nc1cc(C)ccn1. The minimum Gasteiger partial charge on any atom is -0.306 e. The van der Waals surface area contributed by atoms with Crippen LogP contribution in [-0.2, 0) is 6.42 Å². The van der Waals surface area contributed by atoms with Crippen molar-refractivity contribution in [3.8, 4) is 5.13 Å². The predicted octanol–water partition coefficient (Wildman–Crippen LogP) is 3.84. The lowest BCUT2D eigenvalue weighted by Crippen LogP contribution is -2.13. The van der Waals surface area contributed by atoms with Gasteiger partial charge in [0.15, 0.2) is 5.13 Å². The molecule has 0 aliphatic rings. The van der Waals surface area contributed by atoms with E-state index in [2.05, 4.69) is 22.2 Å². The van der Waals surface area contributed by atoms with Gasteiger partial charge in [-0.2, -0.15) is 0 Å². The van der Waals surface area contributed by atoms with Crippen molar-refractivity contribution in [1.29, 1.82) is 0 Å². The fourth-order valence-corrected chi connectivity index (χ4v) is 3.25. The Bertz CT molecular complexity index is 808.